The van der Waals surface area contributed by atoms with Crippen LogP contribution in [0.25, 0.3) is 0 Å². The number of carbonyl (C=O) groups excluding carboxylic acids is 2. The van der Waals surface area contributed by atoms with Crippen LogP contribution < -0.4 is 24.3 Å². The van der Waals surface area contributed by atoms with Crippen molar-refractivity contribution >= 4 is 11.9 Å². The molecular weight excluding hydrogens is 390 g/mol. The van der Waals surface area contributed by atoms with E-state index in [-0.39, 0.29) is 18.9 Å². The number of nitrogens with one attached hydrogen (secondary N) is 1. The van der Waals surface area contributed by atoms with Gasteiger partial charge >= 0.3 is 5.97 Å². The van der Waals surface area contributed by atoms with Gasteiger partial charge in [0.05, 0.1) is 18.8 Å². The van der Waals surface area contributed by atoms with Crippen LogP contribution in [0.4, 0.5) is 0 Å². The van der Waals surface area contributed by atoms with Gasteiger partial charge < -0.3 is 29.0 Å². The molecule has 3 rings (SSSR count). The Hall–Kier alpha value is -3.42. The van der Waals surface area contributed by atoms with Crippen molar-refractivity contribution in [3.63, 3.8) is 0 Å². The van der Waals surface area contributed by atoms with Gasteiger partial charge in [0.1, 0.15) is 0 Å². The molecule has 1 N–H and O–H groups in total. The van der Waals surface area contributed by atoms with E-state index < -0.39 is 18.0 Å². The van der Waals surface area contributed by atoms with E-state index in [1.165, 1.54) is 6.92 Å². The summed E-state index contributed by atoms with van der Waals surface area (Å²) in [6.07, 6.45) is -0.964. The zero-order valence-electron chi connectivity index (χ0n) is 17.2. The van der Waals surface area contributed by atoms with E-state index in [1.54, 1.807) is 30.3 Å². The lowest BCUT2D eigenvalue weighted by molar-refractivity contribution is -0.129. The van der Waals surface area contributed by atoms with E-state index in [0.717, 1.165) is 5.56 Å². The molecule has 2 aromatic carbocycles. The molecule has 0 spiro atoms. The van der Waals surface area contributed by atoms with Crippen molar-refractivity contribution in [1.29, 1.82) is 0 Å². The summed E-state index contributed by atoms with van der Waals surface area (Å²) in [7, 11) is 0. The van der Waals surface area contributed by atoms with Crippen LogP contribution >= 0.6 is 0 Å². The first-order chi connectivity index (χ1) is 14.5. The summed E-state index contributed by atoms with van der Waals surface area (Å²) >= 11 is 0. The van der Waals surface area contributed by atoms with Crippen LogP contribution in [0.5, 0.6) is 23.0 Å². The second kappa shape index (κ2) is 9.87. The minimum atomic E-state index is -0.964. The Bertz CT molecular complexity index is 912. The summed E-state index contributed by atoms with van der Waals surface area (Å²) in [5, 5.41) is 2.75. The lowest BCUT2D eigenvalue weighted by Crippen LogP contribution is -2.35. The third-order valence-electron chi connectivity index (χ3n) is 4.34. The highest BCUT2D eigenvalue weighted by Crippen LogP contribution is 2.32. The molecule has 1 heterocycles. The van der Waals surface area contributed by atoms with Gasteiger partial charge in [0.25, 0.3) is 5.91 Å². The molecule has 1 atom stereocenters. The molecule has 0 aliphatic carbocycles. The van der Waals surface area contributed by atoms with E-state index in [4.69, 9.17) is 23.7 Å². The minimum absolute atomic E-state index is 0.189. The van der Waals surface area contributed by atoms with E-state index >= 15 is 0 Å². The van der Waals surface area contributed by atoms with Crippen LogP contribution in [0.15, 0.2) is 36.4 Å². The fourth-order valence-electron chi connectivity index (χ4n) is 2.84. The number of fused-ring (bicyclic) bond motifs is 1. The van der Waals surface area contributed by atoms with Gasteiger partial charge in [0.15, 0.2) is 29.1 Å². The molecule has 1 aliphatic rings. The molecule has 1 aliphatic heterocycles. The first-order valence-electron chi connectivity index (χ1n) is 9.78. The van der Waals surface area contributed by atoms with Crippen molar-refractivity contribution in [3.05, 3.63) is 47.5 Å². The van der Waals surface area contributed by atoms with E-state index in [1.807, 2.05) is 19.9 Å². The third kappa shape index (κ3) is 5.14. The van der Waals surface area contributed by atoms with Crippen LogP contribution in [0.1, 0.15) is 36.7 Å². The first kappa shape index (κ1) is 21.3. The smallest absolute Gasteiger partial charge is 0.339 e. The quantitative estimate of drug-likeness (QED) is 0.629. The number of benzene rings is 2. The summed E-state index contributed by atoms with van der Waals surface area (Å²) in [6, 6.07) is 10.2. The molecular formula is C22H25NO7. The van der Waals surface area contributed by atoms with Crippen molar-refractivity contribution in [2.24, 2.45) is 0 Å². The van der Waals surface area contributed by atoms with Gasteiger partial charge in [-0.1, -0.05) is 6.07 Å². The van der Waals surface area contributed by atoms with Crippen LogP contribution in [-0.4, -0.2) is 38.0 Å². The maximum absolute atomic E-state index is 12.5. The Balaban J connectivity index is 1.56. The second-order valence-electron chi connectivity index (χ2n) is 6.48. The number of hydrogen-bond acceptors (Lipinski definition) is 7. The summed E-state index contributed by atoms with van der Waals surface area (Å²) in [4.78, 5) is 24.8. The standard InChI is InChI=1S/C22H25NO7/c1-4-26-17-9-7-16(11-20(17)27-5-2)22(25)30-14(3)21(24)23-12-15-6-8-18-19(10-15)29-13-28-18/h6-11,14H,4-5,12-13H2,1-3H3,(H,23,24)/t14-/m0/s1. The Kier molecular flexibility index (Phi) is 7.00. The summed E-state index contributed by atoms with van der Waals surface area (Å²) in [5.41, 5.74) is 1.12. The average molecular weight is 415 g/mol. The van der Waals surface area contributed by atoms with Gasteiger partial charge in [-0.05, 0) is 56.7 Å². The highest BCUT2D eigenvalue weighted by atomic mass is 16.7. The monoisotopic (exact) mass is 415 g/mol. The highest BCUT2D eigenvalue weighted by molar-refractivity contribution is 5.92. The fraction of sp³-hybridized carbons (Fsp3) is 0.364. The van der Waals surface area contributed by atoms with Gasteiger partial charge in [0.2, 0.25) is 6.79 Å². The van der Waals surface area contributed by atoms with Gasteiger partial charge in [-0.25, -0.2) is 4.79 Å². The molecule has 30 heavy (non-hydrogen) atoms. The molecule has 160 valence electrons. The molecule has 0 aromatic heterocycles. The van der Waals surface area contributed by atoms with Crippen molar-refractivity contribution in [3.8, 4) is 23.0 Å². The summed E-state index contributed by atoms with van der Waals surface area (Å²) in [6.45, 7) is 6.59. The van der Waals surface area contributed by atoms with Gasteiger partial charge in [0, 0.05) is 6.54 Å². The molecule has 0 saturated heterocycles. The maximum atomic E-state index is 12.5. The van der Waals surface area contributed by atoms with Crippen molar-refractivity contribution in [2.75, 3.05) is 20.0 Å². The minimum Gasteiger partial charge on any atom is -0.490 e. The third-order valence-corrected chi connectivity index (χ3v) is 4.34. The van der Waals surface area contributed by atoms with Gasteiger partial charge in [-0.2, -0.15) is 0 Å². The summed E-state index contributed by atoms with van der Waals surface area (Å²) < 4.78 is 26.9. The molecule has 8 heteroatoms. The van der Waals surface area contributed by atoms with Crippen LogP contribution in [0, 0.1) is 0 Å². The van der Waals surface area contributed by atoms with Crippen molar-refractivity contribution < 1.29 is 33.3 Å². The Morgan fingerprint density at radius 3 is 2.50 bits per heavy atom. The Morgan fingerprint density at radius 2 is 1.73 bits per heavy atom. The SMILES string of the molecule is CCOc1ccc(C(=O)O[C@@H](C)C(=O)NCc2ccc3c(c2)OCO3)cc1OCC. The number of rotatable bonds is 9. The average Bonchev–Trinajstić information content (AvgIpc) is 3.21. The first-order valence-corrected chi connectivity index (χ1v) is 9.78. The lowest BCUT2D eigenvalue weighted by atomic mass is 10.2. The van der Waals surface area contributed by atoms with Crippen LogP contribution in [-0.2, 0) is 16.1 Å². The van der Waals surface area contributed by atoms with E-state index in [2.05, 4.69) is 5.32 Å². The Labute approximate surface area is 175 Å². The molecule has 1 amide bonds. The molecule has 8 nitrogen and oxygen atoms in total. The number of amides is 1. The van der Waals surface area contributed by atoms with Crippen LogP contribution in [0.3, 0.4) is 0 Å². The number of ether oxygens (including phenoxy) is 5. The number of esters is 1. The predicted molar refractivity (Wildman–Crippen MR) is 108 cm³/mol. The van der Waals surface area contributed by atoms with Gasteiger partial charge in [-0.3, -0.25) is 4.79 Å². The fourth-order valence-corrected chi connectivity index (χ4v) is 2.84. The topological polar surface area (TPSA) is 92.3 Å². The molecule has 0 bridgehead atoms. The molecule has 0 unspecified atom stereocenters. The zero-order valence-corrected chi connectivity index (χ0v) is 17.2. The maximum Gasteiger partial charge on any atom is 0.339 e. The predicted octanol–water partition coefficient (Wildman–Crippen LogP) is 3.07. The van der Waals surface area contributed by atoms with Crippen LogP contribution in [0.2, 0.25) is 0 Å². The van der Waals surface area contributed by atoms with Gasteiger partial charge in [-0.15, -0.1) is 0 Å². The molecule has 0 radical (unpaired) electrons. The molecule has 0 saturated carbocycles. The van der Waals surface area contributed by atoms with E-state index in [0.29, 0.717) is 36.2 Å². The molecule has 2 aromatic rings. The van der Waals surface area contributed by atoms with Crippen molar-refractivity contribution in [2.45, 2.75) is 33.4 Å². The van der Waals surface area contributed by atoms with E-state index in [9.17, 15) is 9.59 Å². The Morgan fingerprint density at radius 1 is 1.00 bits per heavy atom. The number of hydrogen-bond donors (Lipinski definition) is 1. The highest BCUT2D eigenvalue weighted by Gasteiger charge is 2.20. The van der Waals surface area contributed by atoms with Crippen molar-refractivity contribution in [1.82, 2.24) is 5.32 Å². The number of carbonyl (C=O) groups is 2. The zero-order chi connectivity index (χ0) is 21.5. The second-order valence-corrected chi connectivity index (χ2v) is 6.48. The lowest BCUT2D eigenvalue weighted by Gasteiger charge is -2.15. The normalized spacial score (nSPS) is 12.8. The summed E-state index contributed by atoms with van der Waals surface area (Å²) in [5.74, 6) is 1.29. The largest absolute Gasteiger partial charge is 0.490 e. The molecule has 0 fully saturated rings.